The second-order valence-corrected chi connectivity index (χ2v) is 3.69. The van der Waals surface area contributed by atoms with Gasteiger partial charge in [0.15, 0.2) is 5.75 Å². The van der Waals surface area contributed by atoms with Crippen LogP contribution in [0.5, 0.6) is 11.5 Å². The number of aliphatic imine (C=N–C) groups is 1. The molecule has 0 radical (unpaired) electrons. The van der Waals surface area contributed by atoms with Gasteiger partial charge in [-0.05, 0) is 41.4 Å². The predicted molar refractivity (Wildman–Crippen MR) is 73.6 cm³/mol. The number of benzene rings is 2. The summed E-state index contributed by atoms with van der Waals surface area (Å²) >= 11 is 3.40. The summed E-state index contributed by atoms with van der Waals surface area (Å²) in [6, 6.07) is 13.7. The van der Waals surface area contributed by atoms with Crippen LogP contribution in [0.2, 0.25) is 0 Å². The van der Waals surface area contributed by atoms with Crippen molar-refractivity contribution in [2.24, 2.45) is 4.99 Å². The Bertz CT molecular complexity index is 557. The largest absolute Gasteiger partial charge is 0.508 e. The minimum Gasteiger partial charge on any atom is -0.508 e. The van der Waals surface area contributed by atoms with E-state index in [4.69, 9.17) is 4.89 Å². The van der Waals surface area contributed by atoms with E-state index < -0.39 is 0 Å². The van der Waals surface area contributed by atoms with E-state index in [-0.39, 0.29) is 5.75 Å². The number of rotatable bonds is 5. The van der Waals surface area contributed by atoms with Gasteiger partial charge in [-0.2, -0.15) is 0 Å². The highest BCUT2D eigenvalue weighted by molar-refractivity contribution is 7.74. The molecular formula is C13H11NO4S. The minimum absolute atomic E-state index is 0.196. The fraction of sp³-hybridized carbons (Fsp3) is 0. The van der Waals surface area contributed by atoms with Crippen molar-refractivity contribution in [3.63, 3.8) is 0 Å². The Balaban J connectivity index is 2.15. The molecule has 0 aliphatic heterocycles. The molecule has 0 saturated carbocycles. The highest BCUT2D eigenvalue weighted by atomic mass is 32.1. The van der Waals surface area contributed by atoms with Crippen LogP contribution in [0, 0.1) is 0 Å². The van der Waals surface area contributed by atoms with Gasteiger partial charge in [0, 0.05) is 24.7 Å². The van der Waals surface area contributed by atoms with Crippen LogP contribution in [0.15, 0.2) is 53.5 Å². The normalized spacial score (nSPS) is 10.8. The first-order valence-electron chi connectivity index (χ1n) is 5.36. The van der Waals surface area contributed by atoms with Gasteiger partial charge in [-0.3, -0.25) is 4.99 Å². The number of phenols is 1. The van der Waals surface area contributed by atoms with Crippen LogP contribution in [0.3, 0.4) is 0 Å². The van der Waals surface area contributed by atoms with Crippen molar-refractivity contribution in [3.05, 3.63) is 54.1 Å². The fourth-order valence-corrected chi connectivity index (χ4v) is 1.43. The first-order chi connectivity index (χ1) is 9.29. The Hall–Kier alpha value is -2.02. The first kappa shape index (κ1) is 13.4. The van der Waals surface area contributed by atoms with E-state index in [9.17, 15) is 5.11 Å². The molecule has 2 rings (SSSR count). The summed E-state index contributed by atoms with van der Waals surface area (Å²) in [7, 11) is 0. The van der Waals surface area contributed by atoms with Gasteiger partial charge in [-0.1, -0.05) is 12.1 Å². The molecule has 5 nitrogen and oxygen atoms in total. The molecule has 0 fully saturated rings. The molecule has 2 aromatic rings. The molecule has 1 N–H and O–H groups in total. The van der Waals surface area contributed by atoms with E-state index in [1.165, 1.54) is 0 Å². The molecule has 0 saturated heterocycles. The Morgan fingerprint density at radius 2 is 1.79 bits per heavy atom. The summed E-state index contributed by atoms with van der Waals surface area (Å²) in [4.78, 5) is 9.12. The number of para-hydroxylation sites is 1. The van der Waals surface area contributed by atoms with Crippen molar-refractivity contribution in [1.29, 1.82) is 0 Å². The van der Waals surface area contributed by atoms with Gasteiger partial charge in [0.1, 0.15) is 5.75 Å². The number of phenolic OH excluding ortho intramolecular Hbond substituents is 1. The second kappa shape index (κ2) is 6.79. The zero-order chi connectivity index (χ0) is 13.5. The predicted octanol–water partition coefficient (Wildman–Crippen LogP) is 3.23. The van der Waals surface area contributed by atoms with Gasteiger partial charge in [-0.25, -0.2) is 0 Å². The molecule has 0 amide bonds. The van der Waals surface area contributed by atoms with E-state index in [1.807, 2.05) is 6.07 Å². The van der Waals surface area contributed by atoms with E-state index >= 15 is 0 Å². The van der Waals surface area contributed by atoms with Gasteiger partial charge in [0.2, 0.25) is 0 Å². The molecule has 98 valence electrons. The average molecular weight is 277 g/mol. The van der Waals surface area contributed by atoms with Gasteiger partial charge >= 0.3 is 0 Å². The molecule has 0 heterocycles. The lowest BCUT2D eigenvalue weighted by atomic mass is 10.2. The van der Waals surface area contributed by atoms with Crippen LogP contribution in [-0.4, -0.2) is 11.3 Å². The van der Waals surface area contributed by atoms with E-state index in [0.717, 1.165) is 0 Å². The van der Waals surface area contributed by atoms with E-state index in [2.05, 4.69) is 27.3 Å². The number of thiol groups is 1. The fourth-order valence-electron chi connectivity index (χ4n) is 1.40. The first-order valence-corrected chi connectivity index (χ1v) is 5.73. The molecule has 0 aromatic heterocycles. The highest BCUT2D eigenvalue weighted by Crippen LogP contribution is 2.20. The van der Waals surface area contributed by atoms with Crippen molar-refractivity contribution < 1.29 is 19.4 Å². The van der Waals surface area contributed by atoms with Gasteiger partial charge in [-0.15, -0.1) is 4.33 Å². The molecule has 0 spiro atoms. The molecule has 0 aliphatic carbocycles. The lowest BCUT2D eigenvalue weighted by Crippen LogP contribution is -1.96. The Morgan fingerprint density at radius 1 is 1.05 bits per heavy atom. The maximum absolute atomic E-state index is 9.17. The van der Waals surface area contributed by atoms with Crippen LogP contribution in [0.4, 0.5) is 5.69 Å². The molecule has 2 aromatic carbocycles. The lowest BCUT2D eigenvalue weighted by Gasteiger charge is -2.03. The van der Waals surface area contributed by atoms with Crippen molar-refractivity contribution in [2.75, 3.05) is 0 Å². The number of aromatic hydroxyl groups is 1. The molecular weight excluding hydrogens is 266 g/mol. The van der Waals surface area contributed by atoms with Gasteiger partial charge in [0.05, 0.1) is 5.69 Å². The van der Waals surface area contributed by atoms with E-state index in [1.54, 1.807) is 48.7 Å². The molecule has 19 heavy (non-hydrogen) atoms. The third-order valence-electron chi connectivity index (χ3n) is 2.28. The van der Waals surface area contributed by atoms with E-state index in [0.29, 0.717) is 17.0 Å². The second-order valence-electron chi connectivity index (χ2n) is 3.54. The topological polar surface area (TPSA) is 60.3 Å². The van der Waals surface area contributed by atoms with Gasteiger partial charge < -0.3 is 9.99 Å². The molecule has 6 heteroatoms. The molecule has 0 atom stereocenters. The van der Waals surface area contributed by atoms with Crippen molar-refractivity contribution in [2.45, 2.75) is 0 Å². The number of hydrogen-bond donors (Lipinski definition) is 2. The average Bonchev–Trinajstić information content (AvgIpc) is 2.45. The van der Waals surface area contributed by atoms with Crippen LogP contribution in [-0.2, 0) is 9.37 Å². The maximum Gasteiger partial charge on any atom is 0.177 e. The summed E-state index contributed by atoms with van der Waals surface area (Å²) in [6.45, 7) is 0. The zero-order valence-electron chi connectivity index (χ0n) is 9.76. The standard InChI is InChI=1S/C13H11NO4S/c15-12-7-5-11(6-8-12)14-9-10-3-1-2-4-13(10)16-17-18-19/h1-9,15,19H. The highest BCUT2D eigenvalue weighted by Gasteiger charge is 2.01. The minimum atomic E-state index is 0.196. The summed E-state index contributed by atoms with van der Waals surface area (Å²) in [5.41, 5.74) is 1.42. The Kier molecular flexibility index (Phi) is 4.79. The van der Waals surface area contributed by atoms with Crippen LogP contribution in [0.25, 0.3) is 0 Å². The number of hydrogen-bond acceptors (Lipinski definition) is 6. The Labute approximate surface area is 115 Å². The van der Waals surface area contributed by atoms with Gasteiger partial charge in [0.25, 0.3) is 0 Å². The van der Waals surface area contributed by atoms with Crippen LogP contribution < -0.4 is 4.89 Å². The quantitative estimate of drug-likeness (QED) is 0.289. The smallest absolute Gasteiger partial charge is 0.177 e. The summed E-state index contributed by atoms with van der Waals surface area (Å²) < 4.78 is 4.08. The summed E-state index contributed by atoms with van der Waals surface area (Å²) in [5.74, 6) is 0.640. The summed E-state index contributed by atoms with van der Waals surface area (Å²) in [6.07, 6.45) is 1.61. The van der Waals surface area contributed by atoms with Crippen LogP contribution in [0.1, 0.15) is 5.56 Å². The lowest BCUT2D eigenvalue weighted by molar-refractivity contribution is -0.402. The number of nitrogens with zero attached hydrogens (tertiary/aromatic N) is 1. The summed E-state index contributed by atoms with van der Waals surface area (Å²) in [5, 5.41) is 13.5. The maximum atomic E-state index is 9.17. The van der Waals surface area contributed by atoms with Crippen LogP contribution >= 0.6 is 12.9 Å². The van der Waals surface area contributed by atoms with Crippen molar-refractivity contribution >= 4 is 24.8 Å². The molecule has 0 bridgehead atoms. The SMILES string of the molecule is Oc1ccc(N=Cc2ccccc2OOOS)cc1. The monoisotopic (exact) mass is 277 g/mol. The third-order valence-corrected chi connectivity index (χ3v) is 2.34. The third kappa shape index (κ3) is 3.99. The zero-order valence-corrected chi connectivity index (χ0v) is 10.7. The Morgan fingerprint density at radius 3 is 2.53 bits per heavy atom. The van der Waals surface area contributed by atoms with Crippen molar-refractivity contribution in [3.8, 4) is 11.5 Å². The molecule has 0 unspecified atom stereocenters. The van der Waals surface area contributed by atoms with Crippen molar-refractivity contribution in [1.82, 2.24) is 0 Å². The molecule has 0 aliphatic rings.